The molecule has 1 nitrogen and oxygen atoms in total. The number of rotatable bonds is 5. The predicted molar refractivity (Wildman–Crippen MR) is 87.8 cm³/mol. The lowest BCUT2D eigenvalue weighted by Crippen LogP contribution is -2.05. The van der Waals surface area contributed by atoms with Gasteiger partial charge in [-0.05, 0) is 37.0 Å². The van der Waals surface area contributed by atoms with Crippen LogP contribution >= 0.6 is 12.2 Å². The van der Waals surface area contributed by atoms with Crippen LogP contribution in [0.1, 0.15) is 39.0 Å². The minimum Gasteiger partial charge on any atom is -0.294 e. The van der Waals surface area contributed by atoms with E-state index in [1.165, 1.54) is 16.7 Å². The third kappa shape index (κ3) is 3.40. The van der Waals surface area contributed by atoms with Gasteiger partial charge in [0.2, 0.25) is 0 Å². The fourth-order valence-electron chi connectivity index (χ4n) is 2.31. The van der Waals surface area contributed by atoms with Crippen molar-refractivity contribution in [3.8, 4) is 0 Å². The van der Waals surface area contributed by atoms with Gasteiger partial charge in [0, 0.05) is 17.4 Å². The number of hydrogen-bond acceptors (Lipinski definition) is 2. The molecular formula is C18H18OS. The zero-order valence-corrected chi connectivity index (χ0v) is 12.7. The summed E-state index contributed by atoms with van der Waals surface area (Å²) in [5.74, 6) is 0.155. The standard InChI is InChI=1S/C18H18OS/c1-13-7-8-14(2)15(11-13)9-10-18(19)17-6-4-3-5-16(17)12-20/h3-8,11-12H,9-10H2,1-2H3. The Balaban J connectivity index is 2.12. The van der Waals surface area contributed by atoms with Gasteiger partial charge in [-0.15, -0.1) is 0 Å². The molecule has 0 saturated heterocycles. The molecule has 0 aromatic heterocycles. The molecule has 2 aromatic carbocycles. The molecule has 0 heterocycles. The van der Waals surface area contributed by atoms with Crippen LogP contribution in [0.15, 0.2) is 42.5 Å². The van der Waals surface area contributed by atoms with E-state index in [4.69, 9.17) is 12.2 Å². The second kappa shape index (κ2) is 6.58. The van der Waals surface area contributed by atoms with Gasteiger partial charge < -0.3 is 0 Å². The van der Waals surface area contributed by atoms with Crippen LogP contribution < -0.4 is 0 Å². The quantitative estimate of drug-likeness (QED) is 0.594. The molecule has 20 heavy (non-hydrogen) atoms. The van der Waals surface area contributed by atoms with Crippen molar-refractivity contribution in [2.24, 2.45) is 0 Å². The first-order chi connectivity index (χ1) is 9.61. The highest BCUT2D eigenvalue weighted by molar-refractivity contribution is 7.79. The van der Waals surface area contributed by atoms with Crippen molar-refractivity contribution >= 4 is 23.4 Å². The van der Waals surface area contributed by atoms with Crippen LogP contribution in [0.3, 0.4) is 0 Å². The highest BCUT2D eigenvalue weighted by Gasteiger charge is 2.10. The lowest BCUT2D eigenvalue weighted by molar-refractivity contribution is 0.0983. The molecule has 0 radical (unpaired) electrons. The minimum atomic E-state index is 0.155. The van der Waals surface area contributed by atoms with E-state index < -0.39 is 0 Å². The van der Waals surface area contributed by atoms with E-state index in [9.17, 15) is 4.79 Å². The van der Waals surface area contributed by atoms with Crippen LogP contribution in [-0.4, -0.2) is 11.2 Å². The highest BCUT2D eigenvalue weighted by atomic mass is 32.1. The maximum atomic E-state index is 12.3. The molecule has 0 fully saturated rings. The van der Waals surface area contributed by atoms with Gasteiger partial charge in [-0.1, -0.05) is 60.2 Å². The SMILES string of the molecule is Cc1ccc(C)c(CCC(=O)c2ccccc2C=S)c1. The molecule has 0 amide bonds. The van der Waals surface area contributed by atoms with Gasteiger partial charge in [-0.2, -0.15) is 0 Å². The van der Waals surface area contributed by atoms with Crippen molar-refractivity contribution in [1.29, 1.82) is 0 Å². The van der Waals surface area contributed by atoms with Crippen molar-refractivity contribution in [1.82, 2.24) is 0 Å². The topological polar surface area (TPSA) is 17.1 Å². The average Bonchev–Trinajstić information content (AvgIpc) is 2.47. The molecule has 0 aliphatic rings. The van der Waals surface area contributed by atoms with Crippen LogP contribution in [0.25, 0.3) is 0 Å². The normalized spacial score (nSPS) is 10.3. The van der Waals surface area contributed by atoms with E-state index >= 15 is 0 Å². The molecule has 0 spiro atoms. The van der Waals surface area contributed by atoms with Gasteiger partial charge in [0.15, 0.2) is 5.78 Å². The van der Waals surface area contributed by atoms with Crippen molar-refractivity contribution in [2.45, 2.75) is 26.7 Å². The third-order valence-electron chi connectivity index (χ3n) is 3.51. The molecule has 2 aromatic rings. The summed E-state index contributed by atoms with van der Waals surface area (Å²) in [5.41, 5.74) is 5.29. The van der Waals surface area contributed by atoms with Crippen LogP contribution in [-0.2, 0) is 6.42 Å². The summed E-state index contributed by atoms with van der Waals surface area (Å²) in [7, 11) is 0. The minimum absolute atomic E-state index is 0.155. The van der Waals surface area contributed by atoms with Crippen LogP contribution in [0, 0.1) is 13.8 Å². The number of ketones is 1. The first-order valence-corrected chi connectivity index (χ1v) is 7.22. The Hall–Kier alpha value is -1.80. The molecule has 2 rings (SSSR count). The smallest absolute Gasteiger partial charge is 0.163 e. The van der Waals surface area contributed by atoms with E-state index in [0.29, 0.717) is 6.42 Å². The zero-order chi connectivity index (χ0) is 14.5. The molecule has 0 saturated carbocycles. The van der Waals surface area contributed by atoms with Gasteiger partial charge in [0.05, 0.1) is 0 Å². The van der Waals surface area contributed by atoms with Crippen LogP contribution in [0.2, 0.25) is 0 Å². The fraction of sp³-hybridized carbons (Fsp3) is 0.222. The van der Waals surface area contributed by atoms with Crippen molar-refractivity contribution in [2.75, 3.05) is 0 Å². The Labute approximate surface area is 125 Å². The van der Waals surface area contributed by atoms with Crippen LogP contribution in [0.4, 0.5) is 0 Å². The Kier molecular flexibility index (Phi) is 4.80. The molecule has 0 aliphatic heterocycles. The number of benzene rings is 2. The largest absolute Gasteiger partial charge is 0.294 e. The number of aryl methyl sites for hydroxylation is 3. The maximum absolute atomic E-state index is 12.3. The molecule has 0 atom stereocenters. The molecule has 0 N–H and O–H groups in total. The number of hydrogen-bond donors (Lipinski definition) is 0. The summed E-state index contributed by atoms with van der Waals surface area (Å²) < 4.78 is 0. The summed E-state index contributed by atoms with van der Waals surface area (Å²) in [6.45, 7) is 4.16. The lowest BCUT2D eigenvalue weighted by Gasteiger charge is -2.08. The number of Topliss-reactive ketones (excluding diaryl/α,β-unsaturated/α-hetero) is 1. The Morgan fingerprint density at radius 1 is 1.15 bits per heavy atom. The molecule has 0 unspecified atom stereocenters. The van der Waals surface area contributed by atoms with Gasteiger partial charge >= 0.3 is 0 Å². The summed E-state index contributed by atoms with van der Waals surface area (Å²) in [4.78, 5) is 12.3. The second-order valence-electron chi connectivity index (χ2n) is 5.06. The average molecular weight is 282 g/mol. The van der Waals surface area contributed by atoms with Gasteiger partial charge in [-0.3, -0.25) is 4.79 Å². The number of carbonyl (C=O) groups excluding carboxylic acids is 1. The van der Waals surface area contributed by atoms with E-state index in [-0.39, 0.29) is 5.78 Å². The van der Waals surface area contributed by atoms with Gasteiger partial charge in [0.25, 0.3) is 0 Å². The summed E-state index contributed by atoms with van der Waals surface area (Å²) in [6, 6.07) is 13.9. The van der Waals surface area contributed by atoms with Crippen molar-refractivity contribution < 1.29 is 4.79 Å². The molecule has 0 aliphatic carbocycles. The second-order valence-corrected chi connectivity index (χ2v) is 5.29. The third-order valence-corrected chi connectivity index (χ3v) is 3.77. The Bertz CT molecular complexity index is 644. The lowest BCUT2D eigenvalue weighted by atomic mass is 9.96. The zero-order valence-electron chi connectivity index (χ0n) is 11.8. The van der Waals surface area contributed by atoms with Crippen LogP contribution in [0.5, 0.6) is 0 Å². The Morgan fingerprint density at radius 2 is 1.90 bits per heavy atom. The van der Waals surface area contributed by atoms with Gasteiger partial charge in [0.1, 0.15) is 0 Å². The van der Waals surface area contributed by atoms with Crippen molar-refractivity contribution in [3.05, 3.63) is 70.3 Å². The van der Waals surface area contributed by atoms with E-state index in [0.717, 1.165) is 17.5 Å². The molecule has 0 bridgehead atoms. The summed E-state index contributed by atoms with van der Waals surface area (Å²) >= 11 is 4.96. The maximum Gasteiger partial charge on any atom is 0.163 e. The van der Waals surface area contributed by atoms with Gasteiger partial charge in [-0.25, -0.2) is 0 Å². The molecular weight excluding hydrogens is 264 g/mol. The predicted octanol–water partition coefficient (Wildman–Crippen LogP) is 4.47. The molecule has 2 heteroatoms. The Morgan fingerprint density at radius 3 is 2.65 bits per heavy atom. The van der Waals surface area contributed by atoms with E-state index in [1.54, 1.807) is 5.37 Å². The monoisotopic (exact) mass is 282 g/mol. The number of carbonyl (C=O) groups is 1. The first kappa shape index (κ1) is 14.6. The molecule has 102 valence electrons. The van der Waals surface area contributed by atoms with E-state index in [2.05, 4.69) is 32.0 Å². The highest BCUT2D eigenvalue weighted by Crippen LogP contribution is 2.16. The summed E-state index contributed by atoms with van der Waals surface area (Å²) in [5, 5.41) is 1.57. The summed E-state index contributed by atoms with van der Waals surface area (Å²) in [6.07, 6.45) is 1.29. The fourth-order valence-corrected chi connectivity index (χ4v) is 2.51. The first-order valence-electron chi connectivity index (χ1n) is 6.75. The van der Waals surface area contributed by atoms with E-state index in [1.807, 2.05) is 24.3 Å². The van der Waals surface area contributed by atoms with Crippen molar-refractivity contribution in [3.63, 3.8) is 0 Å². The number of thiocarbonyl (C=S) groups is 1.